The van der Waals surface area contributed by atoms with Crippen molar-refractivity contribution in [2.24, 2.45) is 0 Å². The van der Waals surface area contributed by atoms with Crippen molar-refractivity contribution in [2.45, 2.75) is 47.1 Å². The third-order valence-corrected chi connectivity index (χ3v) is 5.18. The zero-order valence-electron chi connectivity index (χ0n) is 16.6. The Morgan fingerprint density at radius 2 is 1.63 bits per heavy atom. The molecule has 1 fully saturated rings. The Balaban J connectivity index is 1.66. The van der Waals surface area contributed by atoms with Crippen molar-refractivity contribution in [3.05, 3.63) is 58.1 Å². The largest absolute Gasteiger partial charge is 0.333 e. The lowest BCUT2D eigenvalue weighted by Crippen LogP contribution is -2.40. The first-order valence-corrected chi connectivity index (χ1v) is 9.27. The molecule has 0 aromatic heterocycles. The van der Waals surface area contributed by atoms with Gasteiger partial charge in [0.2, 0.25) is 5.91 Å². The van der Waals surface area contributed by atoms with Gasteiger partial charge < -0.3 is 15.5 Å². The van der Waals surface area contributed by atoms with Crippen LogP contribution in [-0.4, -0.2) is 24.5 Å². The van der Waals surface area contributed by atoms with E-state index < -0.39 is 0 Å². The van der Waals surface area contributed by atoms with Crippen LogP contribution in [0.4, 0.5) is 16.2 Å². The molecule has 3 rings (SSSR count). The molecule has 0 bridgehead atoms. The van der Waals surface area contributed by atoms with Gasteiger partial charge in [0.1, 0.15) is 0 Å². The second-order valence-electron chi connectivity index (χ2n) is 7.55. The molecule has 0 aliphatic carbocycles. The van der Waals surface area contributed by atoms with Gasteiger partial charge in [0.15, 0.2) is 0 Å². The summed E-state index contributed by atoms with van der Waals surface area (Å²) in [6.07, 6.45) is 0.312. The van der Waals surface area contributed by atoms with E-state index in [-0.39, 0.29) is 18.0 Å². The molecule has 0 spiro atoms. The molecule has 1 heterocycles. The van der Waals surface area contributed by atoms with E-state index in [0.29, 0.717) is 13.0 Å². The predicted molar refractivity (Wildman–Crippen MR) is 109 cm³/mol. The summed E-state index contributed by atoms with van der Waals surface area (Å²) in [6, 6.07) is 9.62. The van der Waals surface area contributed by atoms with E-state index in [1.54, 1.807) is 4.90 Å². The summed E-state index contributed by atoms with van der Waals surface area (Å²) in [5.41, 5.74) is 7.29. The first-order valence-electron chi connectivity index (χ1n) is 9.27. The summed E-state index contributed by atoms with van der Waals surface area (Å²) >= 11 is 0. The highest BCUT2D eigenvalue weighted by molar-refractivity contribution is 5.98. The summed E-state index contributed by atoms with van der Waals surface area (Å²) < 4.78 is 0. The molecule has 1 atom stereocenters. The summed E-state index contributed by atoms with van der Waals surface area (Å²) in [7, 11) is 0. The molecule has 2 aromatic rings. The highest BCUT2D eigenvalue weighted by Crippen LogP contribution is 2.25. The van der Waals surface area contributed by atoms with E-state index in [1.165, 1.54) is 11.1 Å². The zero-order valence-corrected chi connectivity index (χ0v) is 16.6. The number of anilines is 2. The van der Waals surface area contributed by atoms with Crippen LogP contribution in [0.3, 0.4) is 0 Å². The summed E-state index contributed by atoms with van der Waals surface area (Å²) in [4.78, 5) is 26.6. The second-order valence-corrected chi connectivity index (χ2v) is 7.55. The average Bonchev–Trinajstić information content (AvgIpc) is 2.93. The standard InChI is InChI=1S/C22H27N3O2/c1-13-8-16(4)21(17(5)9-13)24-22(27)23-18-11-20(26)25(12-18)19-7-6-14(2)15(3)10-19/h6-10,18H,11-12H2,1-5H3,(H2,23,24,27). The predicted octanol–water partition coefficient (Wildman–Crippen LogP) is 4.16. The lowest BCUT2D eigenvalue weighted by atomic mass is 10.1. The second kappa shape index (κ2) is 7.43. The van der Waals surface area contributed by atoms with Gasteiger partial charge in [-0.1, -0.05) is 23.8 Å². The van der Waals surface area contributed by atoms with Crippen molar-refractivity contribution >= 4 is 23.3 Å². The Bertz CT molecular complexity index is 881. The Kier molecular flexibility index (Phi) is 5.22. The molecular weight excluding hydrogens is 338 g/mol. The Labute approximate surface area is 160 Å². The van der Waals surface area contributed by atoms with Gasteiger partial charge in [0.25, 0.3) is 0 Å². The molecule has 2 aromatic carbocycles. The van der Waals surface area contributed by atoms with Gasteiger partial charge in [-0.15, -0.1) is 0 Å². The molecule has 5 nitrogen and oxygen atoms in total. The number of rotatable bonds is 3. The number of benzene rings is 2. The molecule has 0 radical (unpaired) electrons. The van der Waals surface area contributed by atoms with Crippen molar-refractivity contribution in [3.8, 4) is 0 Å². The number of nitrogens with zero attached hydrogens (tertiary/aromatic N) is 1. The summed E-state index contributed by atoms with van der Waals surface area (Å²) in [5.74, 6) is 0.0336. The van der Waals surface area contributed by atoms with Gasteiger partial charge in [-0.2, -0.15) is 0 Å². The number of carbonyl (C=O) groups is 2. The van der Waals surface area contributed by atoms with Crippen LogP contribution in [0, 0.1) is 34.6 Å². The number of urea groups is 1. The minimum Gasteiger partial charge on any atom is -0.333 e. The molecular formula is C22H27N3O2. The van der Waals surface area contributed by atoms with E-state index >= 15 is 0 Å². The fourth-order valence-electron chi connectivity index (χ4n) is 3.66. The van der Waals surface area contributed by atoms with Crippen LogP contribution in [0.15, 0.2) is 30.3 Å². The first-order chi connectivity index (χ1) is 12.7. The Morgan fingerprint density at radius 3 is 2.26 bits per heavy atom. The molecule has 1 unspecified atom stereocenters. The van der Waals surface area contributed by atoms with Crippen LogP contribution >= 0.6 is 0 Å². The maximum atomic E-state index is 12.5. The maximum Gasteiger partial charge on any atom is 0.319 e. The SMILES string of the molecule is Cc1cc(C)c(NC(=O)NC2CC(=O)N(c3ccc(C)c(C)c3)C2)c(C)c1. The molecule has 1 aliphatic heterocycles. The number of hydrogen-bond acceptors (Lipinski definition) is 2. The van der Waals surface area contributed by atoms with Crippen molar-refractivity contribution in [1.82, 2.24) is 5.32 Å². The smallest absolute Gasteiger partial charge is 0.319 e. The van der Waals surface area contributed by atoms with Gasteiger partial charge >= 0.3 is 6.03 Å². The van der Waals surface area contributed by atoms with Crippen LogP contribution in [0.2, 0.25) is 0 Å². The van der Waals surface area contributed by atoms with Crippen molar-refractivity contribution in [1.29, 1.82) is 0 Å². The monoisotopic (exact) mass is 365 g/mol. The minimum absolute atomic E-state index is 0.0336. The highest BCUT2D eigenvalue weighted by Gasteiger charge is 2.31. The molecule has 5 heteroatoms. The molecule has 2 N–H and O–H groups in total. The normalized spacial score (nSPS) is 16.6. The van der Waals surface area contributed by atoms with Gasteiger partial charge in [-0.05, 0) is 69.0 Å². The molecule has 1 aliphatic rings. The zero-order chi connectivity index (χ0) is 19.7. The van der Waals surface area contributed by atoms with E-state index in [4.69, 9.17) is 0 Å². The lowest BCUT2D eigenvalue weighted by molar-refractivity contribution is -0.117. The van der Waals surface area contributed by atoms with Gasteiger partial charge in [0.05, 0.1) is 6.04 Å². The van der Waals surface area contributed by atoms with E-state index in [0.717, 1.165) is 28.1 Å². The molecule has 0 saturated carbocycles. The topological polar surface area (TPSA) is 61.4 Å². The number of nitrogens with one attached hydrogen (secondary N) is 2. The van der Waals surface area contributed by atoms with E-state index in [1.807, 2.05) is 58.0 Å². The fourth-order valence-corrected chi connectivity index (χ4v) is 3.66. The Hall–Kier alpha value is -2.82. The van der Waals surface area contributed by atoms with Crippen LogP contribution in [0.1, 0.15) is 34.2 Å². The third-order valence-electron chi connectivity index (χ3n) is 5.18. The Morgan fingerprint density at radius 1 is 0.963 bits per heavy atom. The number of hydrogen-bond donors (Lipinski definition) is 2. The molecule has 27 heavy (non-hydrogen) atoms. The third kappa shape index (κ3) is 4.13. The average molecular weight is 365 g/mol. The van der Waals surface area contributed by atoms with Crippen LogP contribution in [0.25, 0.3) is 0 Å². The maximum absolute atomic E-state index is 12.5. The quantitative estimate of drug-likeness (QED) is 0.858. The molecule has 1 saturated heterocycles. The van der Waals surface area contributed by atoms with Crippen LogP contribution in [-0.2, 0) is 4.79 Å². The van der Waals surface area contributed by atoms with Gasteiger partial charge in [-0.25, -0.2) is 4.79 Å². The van der Waals surface area contributed by atoms with Crippen molar-refractivity contribution < 1.29 is 9.59 Å². The highest BCUT2D eigenvalue weighted by atomic mass is 16.2. The first kappa shape index (κ1) is 19.0. The summed E-state index contributed by atoms with van der Waals surface area (Å²) in [6.45, 7) is 10.6. The van der Waals surface area contributed by atoms with Crippen molar-refractivity contribution in [2.75, 3.05) is 16.8 Å². The number of carbonyl (C=O) groups excluding carboxylic acids is 2. The molecule has 142 valence electrons. The van der Waals surface area contributed by atoms with Crippen LogP contribution < -0.4 is 15.5 Å². The molecule has 3 amide bonds. The number of aryl methyl sites for hydroxylation is 5. The fraction of sp³-hybridized carbons (Fsp3) is 0.364. The van der Waals surface area contributed by atoms with Crippen LogP contribution in [0.5, 0.6) is 0 Å². The van der Waals surface area contributed by atoms with Gasteiger partial charge in [0, 0.05) is 24.3 Å². The van der Waals surface area contributed by atoms with E-state index in [2.05, 4.69) is 17.6 Å². The minimum atomic E-state index is -0.273. The summed E-state index contributed by atoms with van der Waals surface area (Å²) in [5, 5.41) is 5.88. The lowest BCUT2D eigenvalue weighted by Gasteiger charge is -2.19. The number of amides is 3. The van der Waals surface area contributed by atoms with Gasteiger partial charge in [-0.3, -0.25) is 4.79 Å². The van der Waals surface area contributed by atoms with E-state index in [9.17, 15) is 9.59 Å². The van der Waals surface area contributed by atoms with Crippen molar-refractivity contribution in [3.63, 3.8) is 0 Å².